The van der Waals surface area contributed by atoms with Crippen LogP contribution in [0.2, 0.25) is 0 Å². The van der Waals surface area contributed by atoms with E-state index in [4.69, 9.17) is 11.8 Å². The van der Waals surface area contributed by atoms with Crippen molar-refractivity contribution in [2.75, 3.05) is 0 Å². The van der Waals surface area contributed by atoms with Crippen LogP contribution in [0.5, 0.6) is 0 Å². The summed E-state index contributed by atoms with van der Waals surface area (Å²) in [6, 6.07) is 8.38. The van der Waals surface area contributed by atoms with Crippen LogP contribution < -0.4 is 4.84 Å². The SMILES string of the molecule is C[C@@H](Cc1cccc(S)c1)NCl. The highest BCUT2D eigenvalue weighted by Gasteiger charge is 2.00. The lowest BCUT2D eigenvalue weighted by Crippen LogP contribution is -2.18. The number of thiol groups is 1. The number of benzene rings is 1. The minimum Gasteiger partial charge on any atom is -0.230 e. The average Bonchev–Trinajstić information content (AvgIpc) is 2.04. The largest absolute Gasteiger partial charge is 0.230 e. The quantitative estimate of drug-likeness (QED) is 0.566. The van der Waals surface area contributed by atoms with E-state index in [0.717, 1.165) is 11.3 Å². The molecule has 0 fully saturated rings. The Morgan fingerprint density at radius 3 is 2.92 bits per heavy atom. The first-order chi connectivity index (χ1) is 5.72. The summed E-state index contributed by atoms with van der Waals surface area (Å²) in [6.45, 7) is 2.04. The molecule has 0 heterocycles. The molecule has 0 bridgehead atoms. The van der Waals surface area contributed by atoms with Gasteiger partial charge in [0.15, 0.2) is 0 Å². The van der Waals surface area contributed by atoms with E-state index in [1.165, 1.54) is 5.56 Å². The average molecular weight is 202 g/mol. The second kappa shape index (κ2) is 4.75. The van der Waals surface area contributed by atoms with Crippen LogP contribution in [0.15, 0.2) is 29.2 Å². The summed E-state index contributed by atoms with van der Waals surface area (Å²) in [7, 11) is 0. The minimum atomic E-state index is 0.293. The molecule has 0 radical (unpaired) electrons. The molecule has 0 unspecified atom stereocenters. The van der Waals surface area contributed by atoms with Crippen molar-refractivity contribution in [3.8, 4) is 0 Å². The van der Waals surface area contributed by atoms with Crippen LogP contribution in [0.3, 0.4) is 0 Å². The van der Waals surface area contributed by atoms with Gasteiger partial charge in [0, 0.05) is 10.9 Å². The maximum Gasteiger partial charge on any atom is 0.0233 e. The molecule has 1 atom stereocenters. The van der Waals surface area contributed by atoms with Gasteiger partial charge in [-0.05, 0) is 42.8 Å². The minimum absolute atomic E-state index is 0.293. The number of halogens is 1. The molecule has 1 N–H and O–H groups in total. The molecule has 1 nitrogen and oxygen atoms in total. The summed E-state index contributed by atoms with van der Waals surface area (Å²) < 4.78 is 0. The molecule has 0 amide bonds. The first-order valence-electron chi connectivity index (χ1n) is 3.86. The van der Waals surface area contributed by atoms with Gasteiger partial charge in [-0.15, -0.1) is 12.6 Å². The first-order valence-corrected chi connectivity index (χ1v) is 4.69. The van der Waals surface area contributed by atoms with Crippen LogP contribution in [0.4, 0.5) is 0 Å². The number of hydrogen-bond acceptors (Lipinski definition) is 2. The van der Waals surface area contributed by atoms with Gasteiger partial charge in [-0.2, -0.15) is 0 Å². The molecule has 0 spiro atoms. The zero-order valence-corrected chi connectivity index (χ0v) is 8.57. The second-order valence-corrected chi connectivity index (χ2v) is 3.62. The lowest BCUT2D eigenvalue weighted by Gasteiger charge is -2.08. The Morgan fingerprint density at radius 1 is 1.58 bits per heavy atom. The maximum atomic E-state index is 5.47. The molecular formula is C9H12ClNS. The van der Waals surface area contributed by atoms with Gasteiger partial charge in [0.2, 0.25) is 0 Å². The van der Waals surface area contributed by atoms with E-state index in [1.54, 1.807) is 0 Å². The molecule has 0 saturated carbocycles. The maximum absolute atomic E-state index is 5.47. The normalized spacial score (nSPS) is 12.9. The Kier molecular flexibility index (Phi) is 3.92. The van der Waals surface area contributed by atoms with E-state index in [2.05, 4.69) is 23.5 Å². The standard InChI is InChI=1S/C9H12ClNS/c1-7(11-10)5-8-3-2-4-9(12)6-8/h2-4,6-7,11-12H,5H2,1H3/t7-/m0/s1. The van der Waals surface area contributed by atoms with Gasteiger partial charge in [-0.1, -0.05) is 12.1 Å². The summed E-state index contributed by atoms with van der Waals surface area (Å²) >= 11 is 9.72. The monoisotopic (exact) mass is 201 g/mol. The van der Waals surface area contributed by atoms with Gasteiger partial charge < -0.3 is 0 Å². The van der Waals surface area contributed by atoms with Crippen LogP contribution in [0, 0.1) is 0 Å². The number of nitrogens with one attached hydrogen (secondary N) is 1. The topological polar surface area (TPSA) is 12.0 Å². The van der Waals surface area contributed by atoms with E-state index in [-0.39, 0.29) is 0 Å². The Labute approximate surface area is 83.6 Å². The van der Waals surface area contributed by atoms with Crippen molar-refractivity contribution in [1.82, 2.24) is 4.84 Å². The van der Waals surface area contributed by atoms with Gasteiger partial charge in [-0.25, -0.2) is 4.84 Å². The van der Waals surface area contributed by atoms with Crippen LogP contribution >= 0.6 is 24.4 Å². The molecule has 0 aliphatic heterocycles. The molecule has 0 aliphatic rings. The molecule has 0 aliphatic carbocycles. The zero-order valence-electron chi connectivity index (χ0n) is 6.92. The van der Waals surface area contributed by atoms with E-state index in [1.807, 2.05) is 25.1 Å². The summed E-state index contributed by atoms with van der Waals surface area (Å²) in [5, 5.41) is 0. The first kappa shape index (κ1) is 9.90. The van der Waals surface area contributed by atoms with E-state index >= 15 is 0 Å². The molecule has 66 valence electrons. The Balaban J connectivity index is 2.63. The van der Waals surface area contributed by atoms with Gasteiger partial charge in [0.05, 0.1) is 0 Å². The van der Waals surface area contributed by atoms with Crippen molar-refractivity contribution in [2.45, 2.75) is 24.3 Å². The fourth-order valence-electron chi connectivity index (χ4n) is 1.08. The molecular weight excluding hydrogens is 190 g/mol. The van der Waals surface area contributed by atoms with E-state index < -0.39 is 0 Å². The summed E-state index contributed by atoms with van der Waals surface area (Å²) in [6.07, 6.45) is 0.928. The van der Waals surface area contributed by atoms with Crippen molar-refractivity contribution >= 4 is 24.4 Å². The third-order valence-corrected chi connectivity index (χ3v) is 2.29. The summed E-state index contributed by atoms with van der Waals surface area (Å²) in [5.41, 5.74) is 1.25. The van der Waals surface area contributed by atoms with Crippen LogP contribution in [0.25, 0.3) is 0 Å². The fourth-order valence-corrected chi connectivity index (χ4v) is 1.40. The molecule has 1 aromatic rings. The van der Waals surface area contributed by atoms with Crippen molar-refractivity contribution in [1.29, 1.82) is 0 Å². The highest BCUT2D eigenvalue weighted by atomic mass is 35.5. The second-order valence-electron chi connectivity index (χ2n) is 2.88. The molecule has 3 heteroatoms. The Morgan fingerprint density at radius 2 is 2.33 bits per heavy atom. The van der Waals surface area contributed by atoms with Crippen molar-refractivity contribution in [3.63, 3.8) is 0 Å². The van der Waals surface area contributed by atoms with Gasteiger partial charge in [0.1, 0.15) is 0 Å². The third-order valence-electron chi connectivity index (χ3n) is 1.64. The van der Waals surface area contributed by atoms with Crippen molar-refractivity contribution in [3.05, 3.63) is 29.8 Å². The highest BCUT2D eigenvalue weighted by Crippen LogP contribution is 2.10. The lowest BCUT2D eigenvalue weighted by molar-refractivity contribution is 0.681. The van der Waals surface area contributed by atoms with Gasteiger partial charge in [-0.3, -0.25) is 0 Å². The third kappa shape index (κ3) is 3.05. The van der Waals surface area contributed by atoms with Crippen LogP contribution in [-0.4, -0.2) is 6.04 Å². The Bertz CT molecular complexity index is 252. The molecule has 0 aromatic heterocycles. The van der Waals surface area contributed by atoms with Crippen molar-refractivity contribution < 1.29 is 0 Å². The Hall–Kier alpha value is -0.180. The van der Waals surface area contributed by atoms with Crippen molar-refractivity contribution in [2.24, 2.45) is 0 Å². The van der Waals surface area contributed by atoms with Crippen LogP contribution in [0.1, 0.15) is 12.5 Å². The summed E-state index contributed by atoms with van der Waals surface area (Å²) in [5.74, 6) is 0. The van der Waals surface area contributed by atoms with Crippen LogP contribution in [-0.2, 0) is 6.42 Å². The molecule has 0 saturated heterocycles. The molecule has 1 aromatic carbocycles. The van der Waals surface area contributed by atoms with E-state index in [9.17, 15) is 0 Å². The number of rotatable bonds is 3. The number of hydrogen-bond donors (Lipinski definition) is 2. The molecule has 12 heavy (non-hydrogen) atoms. The molecule has 1 rings (SSSR count). The van der Waals surface area contributed by atoms with Gasteiger partial charge in [0.25, 0.3) is 0 Å². The predicted molar refractivity (Wildman–Crippen MR) is 55.8 cm³/mol. The highest BCUT2D eigenvalue weighted by molar-refractivity contribution is 7.80. The summed E-state index contributed by atoms with van der Waals surface area (Å²) in [4.78, 5) is 3.67. The van der Waals surface area contributed by atoms with E-state index in [0.29, 0.717) is 6.04 Å². The smallest absolute Gasteiger partial charge is 0.0233 e. The zero-order chi connectivity index (χ0) is 8.97. The fraction of sp³-hybridized carbons (Fsp3) is 0.333. The van der Waals surface area contributed by atoms with Gasteiger partial charge >= 0.3 is 0 Å². The lowest BCUT2D eigenvalue weighted by atomic mass is 10.1. The predicted octanol–water partition coefficient (Wildman–Crippen LogP) is 2.65.